The lowest BCUT2D eigenvalue weighted by molar-refractivity contribution is 0.0372. The number of hydrogen-bond acceptors (Lipinski definition) is 9. The van der Waals surface area contributed by atoms with Gasteiger partial charge in [0.05, 0.1) is 30.2 Å². The Bertz CT molecular complexity index is 1350. The van der Waals surface area contributed by atoms with Gasteiger partial charge in [0, 0.05) is 69.5 Å². The number of carbonyl (C=O) groups excluding carboxylic acids is 1. The number of anilines is 2. The molecular weight excluding hydrogens is 470 g/mol. The molecule has 2 aliphatic rings. The number of morpholine rings is 1. The molecule has 0 unspecified atom stereocenters. The van der Waals surface area contributed by atoms with Crippen molar-refractivity contribution in [3.8, 4) is 11.3 Å². The average molecular weight is 500 g/mol. The molecule has 10 heteroatoms. The van der Waals surface area contributed by atoms with Gasteiger partial charge in [0.2, 0.25) is 0 Å². The van der Waals surface area contributed by atoms with Gasteiger partial charge in [-0.2, -0.15) is 0 Å². The molecule has 6 rings (SSSR count). The van der Waals surface area contributed by atoms with Gasteiger partial charge in [-0.3, -0.25) is 9.78 Å². The first-order valence-corrected chi connectivity index (χ1v) is 12.6. The quantitative estimate of drug-likeness (QED) is 0.414. The van der Waals surface area contributed by atoms with Crippen LogP contribution in [0.1, 0.15) is 10.6 Å². The van der Waals surface area contributed by atoms with E-state index in [0.29, 0.717) is 37.8 Å². The van der Waals surface area contributed by atoms with Crippen LogP contribution >= 0.6 is 0 Å². The molecule has 0 spiro atoms. The van der Waals surface area contributed by atoms with Crippen LogP contribution in [0.15, 0.2) is 65.5 Å². The Labute approximate surface area is 214 Å². The highest BCUT2D eigenvalue weighted by atomic mass is 16.5. The standard InChI is InChI=1S/C27H29N7O3/c35-27(24-2-1-14-37-24)34-12-10-33(11-13-34)20-5-3-19(4-6-20)22-16-23-25(30-8-7-29-23)26(32-22)31-18-21-17-28-9-15-36-21/h1-8,14,16,21,28H,9-13,15,17-18H2,(H,31,32)/t21-/m0/s1. The summed E-state index contributed by atoms with van der Waals surface area (Å²) >= 11 is 0. The van der Waals surface area contributed by atoms with Crippen molar-refractivity contribution in [2.24, 2.45) is 0 Å². The molecule has 1 amide bonds. The van der Waals surface area contributed by atoms with Gasteiger partial charge in [-0.05, 0) is 30.3 Å². The summed E-state index contributed by atoms with van der Waals surface area (Å²) in [5.41, 5.74) is 4.49. The molecule has 0 saturated carbocycles. The van der Waals surface area contributed by atoms with Gasteiger partial charge >= 0.3 is 0 Å². The number of piperazine rings is 1. The van der Waals surface area contributed by atoms with E-state index >= 15 is 0 Å². The minimum atomic E-state index is -0.0544. The van der Waals surface area contributed by atoms with E-state index in [9.17, 15) is 4.79 Å². The van der Waals surface area contributed by atoms with Crippen molar-refractivity contribution in [2.75, 3.05) is 62.6 Å². The van der Waals surface area contributed by atoms with Crippen molar-refractivity contribution in [3.05, 3.63) is 66.9 Å². The third-order valence-electron chi connectivity index (χ3n) is 6.79. The van der Waals surface area contributed by atoms with Crippen LogP contribution in [0.2, 0.25) is 0 Å². The minimum Gasteiger partial charge on any atom is -0.459 e. The third-order valence-corrected chi connectivity index (χ3v) is 6.79. The van der Waals surface area contributed by atoms with Gasteiger partial charge in [-0.1, -0.05) is 12.1 Å². The molecule has 4 aromatic rings. The first kappa shape index (κ1) is 23.4. The fourth-order valence-corrected chi connectivity index (χ4v) is 4.77. The van der Waals surface area contributed by atoms with Crippen LogP contribution in [0.4, 0.5) is 11.5 Å². The predicted molar refractivity (Wildman–Crippen MR) is 141 cm³/mol. The number of fused-ring (bicyclic) bond motifs is 1. The Hall–Kier alpha value is -4.02. The summed E-state index contributed by atoms with van der Waals surface area (Å²) in [5.74, 6) is 1.04. The van der Waals surface area contributed by atoms with Gasteiger partial charge in [0.1, 0.15) is 5.52 Å². The molecule has 2 saturated heterocycles. The smallest absolute Gasteiger partial charge is 0.289 e. The molecule has 1 aromatic carbocycles. The zero-order valence-corrected chi connectivity index (χ0v) is 20.5. The summed E-state index contributed by atoms with van der Waals surface area (Å²) in [6.07, 6.45) is 5.00. The molecule has 5 heterocycles. The highest BCUT2D eigenvalue weighted by Crippen LogP contribution is 2.28. The van der Waals surface area contributed by atoms with Crippen LogP contribution in [-0.4, -0.2) is 84.3 Å². The maximum atomic E-state index is 12.5. The predicted octanol–water partition coefficient (Wildman–Crippen LogP) is 2.65. The monoisotopic (exact) mass is 499 g/mol. The van der Waals surface area contributed by atoms with E-state index in [-0.39, 0.29) is 12.0 Å². The van der Waals surface area contributed by atoms with Crippen molar-refractivity contribution in [1.29, 1.82) is 0 Å². The molecule has 1 atom stereocenters. The Morgan fingerprint density at radius 1 is 1.08 bits per heavy atom. The molecule has 0 aliphatic carbocycles. The lowest BCUT2D eigenvalue weighted by atomic mass is 10.1. The third kappa shape index (κ3) is 5.11. The van der Waals surface area contributed by atoms with E-state index in [4.69, 9.17) is 14.1 Å². The summed E-state index contributed by atoms with van der Waals surface area (Å²) < 4.78 is 11.1. The second-order valence-electron chi connectivity index (χ2n) is 9.16. The number of benzene rings is 1. The molecule has 10 nitrogen and oxygen atoms in total. The molecule has 2 fully saturated rings. The summed E-state index contributed by atoms with van der Waals surface area (Å²) in [4.78, 5) is 30.6. The molecule has 0 bridgehead atoms. The number of amides is 1. The molecule has 37 heavy (non-hydrogen) atoms. The van der Waals surface area contributed by atoms with Crippen molar-refractivity contribution >= 4 is 28.4 Å². The zero-order chi connectivity index (χ0) is 25.0. The van der Waals surface area contributed by atoms with E-state index in [1.165, 1.54) is 6.26 Å². The highest BCUT2D eigenvalue weighted by Gasteiger charge is 2.24. The van der Waals surface area contributed by atoms with Gasteiger partial charge in [0.25, 0.3) is 5.91 Å². The largest absolute Gasteiger partial charge is 0.459 e. The number of pyridine rings is 1. The molecule has 2 aliphatic heterocycles. The summed E-state index contributed by atoms with van der Waals surface area (Å²) in [6.45, 7) is 5.88. The van der Waals surface area contributed by atoms with E-state index in [2.05, 4.69) is 49.8 Å². The number of nitrogens with one attached hydrogen (secondary N) is 2. The van der Waals surface area contributed by atoms with Crippen molar-refractivity contribution in [1.82, 2.24) is 25.2 Å². The number of rotatable bonds is 6. The first-order valence-electron chi connectivity index (χ1n) is 12.6. The van der Waals surface area contributed by atoms with Crippen LogP contribution in [0, 0.1) is 0 Å². The molecule has 3 aromatic heterocycles. The Balaban J connectivity index is 1.16. The number of furan rings is 1. The molecular formula is C27H29N7O3. The van der Waals surface area contributed by atoms with Crippen molar-refractivity contribution in [2.45, 2.75) is 6.10 Å². The average Bonchev–Trinajstić information content (AvgIpc) is 3.51. The minimum absolute atomic E-state index is 0.0544. The zero-order valence-electron chi connectivity index (χ0n) is 20.5. The maximum Gasteiger partial charge on any atom is 0.289 e. The summed E-state index contributed by atoms with van der Waals surface area (Å²) in [6, 6.07) is 13.8. The van der Waals surface area contributed by atoms with E-state index < -0.39 is 0 Å². The number of hydrogen-bond donors (Lipinski definition) is 2. The van der Waals surface area contributed by atoms with Gasteiger partial charge < -0.3 is 29.6 Å². The highest BCUT2D eigenvalue weighted by molar-refractivity contribution is 5.91. The number of ether oxygens (including phenoxy) is 1. The summed E-state index contributed by atoms with van der Waals surface area (Å²) in [7, 11) is 0. The van der Waals surface area contributed by atoms with Crippen LogP contribution in [0.3, 0.4) is 0 Å². The fraction of sp³-hybridized carbons (Fsp3) is 0.333. The Morgan fingerprint density at radius 3 is 2.68 bits per heavy atom. The molecule has 0 radical (unpaired) electrons. The fourth-order valence-electron chi connectivity index (χ4n) is 4.77. The Morgan fingerprint density at radius 2 is 1.92 bits per heavy atom. The van der Waals surface area contributed by atoms with Crippen LogP contribution < -0.4 is 15.5 Å². The SMILES string of the molecule is O=C(c1ccco1)N1CCN(c2ccc(-c3cc4nccnc4c(NC[C@@H]4CNCCO4)n3)cc2)CC1. The Kier molecular flexibility index (Phi) is 6.66. The topological polar surface area (TPSA) is 109 Å². The molecule has 190 valence electrons. The van der Waals surface area contributed by atoms with Crippen molar-refractivity contribution in [3.63, 3.8) is 0 Å². The van der Waals surface area contributed by atoms with Gasteiger partial charge in [-0.25, -0.2) is 9.97 Å². The maximum absolute atomic E-state index is 12.5. The number of nitrogens with zero attached hydrogens (tertiary/aromatic N) is 5. The van der Waals surface area contributed by atoms with Crippen LogP contribution in [0.25, 0.3) is 22.3 Å². The second kappa shape index (κ2) is 10.5. The number of aromatic nitrogens is 3. The number of carbonyl (C=O) groups is 1. The van der Waals surface area contributed by atoms with E-state index in [0.717, 1.165) is 54.2 Å². The van der Waals surface area contributed by atoms with E-state index in [1.807, 2.05) is 11.0 Å². The van der Waals surface area contributed by atoms with E-state index in [1.54, 1.807) is 24.5 Å². The first-order chi connectivity index (χ1) is 18.2. The van der Waals surface area contributed by atoms with Crippen molar-refractivity contribution < 1.29 is 13.9 Å². The second-order valence-corrected chi connectivity index (χ2v) is 9.16. The van der Waals surface area contributed by atoms with Gasteiger partial charge in [-0.15, -0.1) is 0 Å². The lowest BCUT2D eigenvalue weighted by Gasteiger charge is -2.35. The normalized spacial score (nSPS) is 18.2. The van der Waals surface area contributed by atoms with Gasteiger partial charge in [0.15, 0.2) is 11.6 Å². The molecule has 2 N–H and O–H groups in total. The van der Waals surface area contributed by atoms with Crippen LogP contribution in [-0.2, 0) is 4.74 Å². The van der Waals surface area contributed by atoms with Crippen LogP contribution in [0.5, 0.6) is 0 Å². The summed E-state index contributed by atoms with van der Waals surface area (Å²) in [5, 5.41) is 6.78. The lowest BCUT2D eigenvalue weighted by Crippen LogP contribution is -2.48.